The van der Waals surface area contributed by atoms with E-state index in [0.717, 1.165) is 6.20 Å². The van der Waals surface area contributed by atoms with Crippen LogP contribution in [0, 0.1) is 11.9 Å². The maximum Gasteiger partial charge on any atom is 0.149 e. The predicted molar refractivity (Wildman–Crippen MR) is 28.0 cm³/mol. The third-order valence-corrected chi connectivity index (χ3v) is 0.837. The summed E-state index contributed by atoms with van der Waals surface area (Å²) in [5.74, 6) is -0.491. The molecule has 0 aliphatic carbocycles. The first-order valence-corrected chi connectivity index (χ1v) is 2.35. The van der Waals surface area contributed by atoms with Crippen LogP contribution in [-0.4, -0.2) is 4.98 Å². The van der Waals surface area contributed by atoms with E-state index in [1.165, 1.54) is 6.07 Å². The standard InChI is InChI=1S/C5H2ClFN/c6-5-2-1-4(7)3-8-5/h2-3H. The second-order valence-corrected chi connectivity index (χ2v) is 1.60. The molecule has 3 heteroatoms. The lowest BCUT2D eigenvalue weighted by molar-refractivity contribution is 0.619. The molecule has 0 saturated heterocycles. The van der Waals surface area contributed by atoms with Crippen LogP contribution < -0.4 is 0 Å². The summed E-state index contributed by atoms with van der Waals surface area (Å²) >= 11 is 5.30. The van der Waals surface area contributed by atoms with E-state index in [9.17, 15) is 4.39 Å². The van der Waals surface area contributed by atoms with Crippen LogP contribution in [0.3, 0.4) is 0 Å². The third-order valence-electron chi connectivity index (χ3n) is 0.630. The summed E-state index contributed by atoms with van der Waals surface area (Å²) in [5.41, 5.74) is 0. The van der Waals surface area contributed by atoms with E-state index in [1.807, 2.05) is 0 Å². The van der Waals surface area contributed by atoms with Crippen LogP contribution in [0.25, 0.3) is 0 Å². The van der Waals surface area contributed by atoms with Crippen LogP contribution in [-0.2, 0) is 0 Å². The zero-order valence-corrected chi connectivity index (χ0v) is 4.61. The maximum absolute atomic E-state index is 11.9. The van der Waals surface area contributed by atoms with E-state index in [4.69, 9.17) is 11.6 Å². The summed E-state index contributed by atoms with van der Waals surface area (Å²) < 4.78 is 11.9. The molecule has 0 aliphatic rings. The summed E-state index contributed by atoms with van der Waals surface area (Å²) in [5, 5.41) is 0.256. The van der Waals surface area contributed by atoms with E-state index < -0.39 is 5.82 Å². The molecule has 1 radical (unpaired) electrons. The molecule has 0 aromatic carbocycles. The Hall–Kier alpha value is -0.630. The zero-order valence-electron chi connectivity index (χ0n) is 3.86. The normalized spacial score (nSPS) is 9.25. The molecule has 41 valence electrons. The van der Waals surface area contributed by atoms with E-state index in [-0.39, 0.29) is 5.15 Å². The fourth-order valence-corrected chi connectivity index (χ4v) is 0.425. The van der Waals surface area contributed by atoms with Gasteiger partial charge in [0.05, 0.1) is 6.20 Å². The van der Waals surface area contributed by atoms with Gasteiger partial charge < -0.3 is 0 Å². The Labute approximate surface area is 51.1 Å². The molecule has 0 amide bonds. The van der Waals surface area contributed by atoms with Crippen LogP contribution in [0.4, 0.5) is 4.39 Å². The van der Waals surface area contributed by atoms with Crippen molar-refractivity contribution in [2.45, 2.75) is 0 Å². The van der Waals surface area contributed by atoms with Gasteiger partial charge in [-0.3, -0.25) is 0 Å². The average molecular weight is 131 g/mol. The molecule has 0 spiro atoms. The molecular weight excluding hydrogens is 129 g/mol. The summed E-state index contributed by atoms with van der Waals surface area (Å²) in [4.78, 5) is 3.44. The van der Waals surface area contributed by atoms with E-state index in [1.54, 1.807) is 0 Å². The molecular formula is C5H2ClFN. The number of halogens is 2. The minimum absolute atomic E-state index is 0.256. The van der Waals surface area contributed by atoms with Crippen LogP contribution in [0.15, 0.2) is 12.3 Å². The Kier molecular flexibility index (Phi) is 1.44. The van der Waals surface area contributed by atoms with Crippen molar-refractivity contribution in [3.8, 4) is 0 Å². The number of aromatic nitrogens is 1. The van der Waals surface area contributed by atoms with E-state index in [2.05, 4.69) is 11.1 Å². The molecule has 1 nitrogen and oxygen atoms in total. The first kappa shape index (κ1) is 5.51. The molecule has 0 atom stereocenters. The molecule has 1 aromatic heterocycles. The topological polar surface area (TPSA) is 12.9 Å². The van der Waals surface area contributed by atoms with Crippen molar-refractivity contribution >= 4 is 11.6 Å². The smallest absolute Gasteiger partial charge is 0.149 e. The van der Waals surface area contributed by atoms with Gasteiger partial charge in [-0.15, -0.1) is 0 Å². The Balaban J connectivity index is 3.03. The molecule has 1 rings (SSSR count). The molecule has 0 fully saturated rings. The van der Waals surface area contributed by atoms with Gasteiger partial charge in [0.25, 0.3) is 0 Å². The van der Waals surface area contributed by atoms with Crippen LogP contribution in [0.1, 0.15) is 0 Å². The third kappa shape index (κ3) is 1.17. The number of nitrogens with zero attached hydrogens (tertiary/aromatic N) is 1. The Morgan fingerprint density at radius 1 is 1.75 bits per heavy atom. The first-order chi connectivity index (χ1) is 3.79. The second kappa shape index (κ2) is 2.09. The lowest BCUT2D eigenvalue weighted by Crippen LogP contribution is -1.75. The van der Waals surface area contributed by atoms with Gasteiger partial charge in [0.1, 0.15) is 11.0 Å². The molecule has 0 saturated carbocycles. The monoisotopic (exact) mass is 130 g/mol. The van der Waals surface area contributed by atoms with Gasteiger partial charge in [0, 0.05) is 6.07 Å². The lowest BCUT2D eigenvalue weighted by Gasteiger charge is -1.83. The summed E-state index contributed by atoms with van der Waals surface area (Å²) in [6.07, 6.45) is 1.02. The lowest BCUT2D eigenvalue weighted by atomic mass is 10.5. The van der Waals surface area contributed by atoms with Gasteiger partial charge in [-0.1, -0.05) is 11.6 Å². The molecule has 0 aliphatic heterocycles. The van der Waals surface area contributed by atoms with Crippen molar-refractivity contribution in [1.82, 2.24) is 4.98 Å². The quantitative estimate of drug-likeness (QED) is 0.487. The number of rotatable bonds is 0. The number of pyridine rings is 1. The van der Waals surface area contributed by atoms with Crippen LogP contribution in [0.5, 0.6) is 0 Å². The molecule has 1 heterocycles. The highest BCUT2D eigenvalue weighted by Gasteiger charge is 1.87. The van der Waals surface area contributed by atoms with Crippen molar-refractivity contribution in [3.63, 3.8) is 0 Å². The van der Waals surface area contributed by atoms with E-state index in [0.29, 0.717) is 0 Å². The highest BCUT2D eigenvalue weighted by Crippen LogP contribution is 2.01. The van der Waals surface area contributed by atoms with Crippen molar-refractivity contribution in [3.05, 3.63) is 29.3 Å². The maximum atomic E-state index is 11.9. The molecule has 0 N–H and O–H groups in total. The minimum atomic E-state index is -0.491. The molecule has 0 unspecified atom stereocenters. The summed E-state index contributed by atoms with van der Waals surface area (Å²) in [7, 11) is 0. The zero-order chi connectivity index (χ0) is 5.98. The SMILES string of the molecule is Fc1[c]cc(Cl)nc1. The van der Waals surface area contributed by atoms with Crippen LogP contribution >= 0.6 is 11.6 Å². The largest absolute Gasteiger partial charge is 0.241 e. The molecule has 1 aromatic rings. The summed E-state index contributed by atoms with van der Waals surface area (Å²) in [6.45, 7) is 0. The van der Waals surface area contributed by atoms with Crippen molar-refractivity contribution in [1.29, 1.82) is 0 Å². The van der Waals surface area contributed by atoms with Crippen molar-refractivity contribution < 1.29 is 4.39 Å². The molecule has 8 heavy (non-hydrogen) atoms. The second-order valence-electron chi connectivity index (χ2n) is 1.22. The first-order valence-electron chi connectivity index (χ1n) is 1.98. The average Bonchev–Trinajstić information content (AvgIpc) is 1.77. The number of hydrogen-bond donors (Lipinski definition) is 0. The van der Waals surface area contributed by atoms with Gasteiger partial charge in [-0.2, -0.15) is 0 Å². The Morgan fingerprint density at radius 3 is 2.88 bits per heavy atom. The van der Waals surface area contributed by atoms with Gasteiger partial charge in [-0.25, -0.2) is 9.37 Å². The van der Waals surface area contributed by atoms with Crippen molar-refractivity contribution in [2.75, 3.05) is 0 Å². The van der Waals surface area contributed by atoms with Gasteiger partial charge in [0.15, 0.2) is 0 Å². The van der Waals surface area contributed by atoms with E-state index >= 15 is 0 Å². The molecule has 0 bridgehead atoms. The highest BCUT2D eigenvalue weighted by atomic mass is 35.5. The van der Waals surface area contributed by atoms with Crippen LogP contribution in [0.2, 0.25) is 5.15 Å². The van der Waals surface area contributed by atoms with Gasteiger partial charge in [-0.05, 0) is 6.07 Å². The minimum Gasteiger partial charge on any atom is -0.241 e. The fourth-order valence-electron chi connectivity index (χ4n) is 0.321. The van der Waals surface area contributed by atoms with Crippen molar-refractivity contribution in [2.24, 2.45) is 0 Å². The highest BCUT2D eigenvalue weighted by molar-refractivity contribution is 6.29. The Bertz CT molecular complexity index is 151. The van der Waals surface area contributed by atoms with Gasteiger partial charge in [0.2, 0.25) is 0 Å². The fraction of sp³-hybridized carbons (Fsp3) is 0. The Morgan fingerprint density at radius 2 is 2.50 bits per heavy atom. The number of hydrogen-bond acceptors (Lipinski definition) is 1. The van der Waals surface area contributed by atoms with Gasteiger partial charge >= 0.3 is 0 Å². The summed E-state index contributed by atoms with van der Waals surface area (Å²) in [6, 6.07) is 3.51. The predicted octanol–water partition coefficient (Wildman–Crippen LogP) is 1.67.